The van der Waals surface area contributed by atoms with E-state index in [1.807, 2.05) is 61.5 Å². The molecule has 0 bridgehead atoms. The van der Waals surface area contributed by atoms with Gasteiger partial charge in [-0.25, -0.2) is 0 Å². The van der Waals surface area contributed by atoms with Gasteiger partial charge in [0.1, 0.15) is 24.7 Å². The second-order valence-corrected chi connectivity index (χ2v) is 7.99. The number of halogens is 1. The van der Waals surface area contributed by atoms with Crippen LogP contribution in [0.4, 0.5) is 0 Å². The number of thiocarbonyl (C=S) groups is 1. The molecule has 3 aromatic rings. The molecule has 3 rings (SSSR count). The van der Waals surface area contributed by atoms with Gasteiger partial charge in [0.15, 0.2) is 16.6 Å². The van der Waals surface area contributed by atoms with Gasteiger partial charge >= 0.3 is 0 Å². The van der Waals surface area contributed by atoms with Gasteiger partial charge in [0.2, 0.25) is 0 Å². The number of hydrogen-bond acceptors (Lipinski definition) is 6. The van der Waals surface area contributed by atoms with Crippen molar-refractivity contribution in [2.75, 3.05) is 26.9 Å². The molecule has 0 aliphatic heterocycles. The van der Waals surface area contributed by atoms with Crippen LogP contribution >= 0.6 is 23.8 Å². The Kier molecular flexibility index (Phi) is 10.5. The molecule has 0 atom stereocenters. The minimum atomic E-state index is 0.285. The van der Waals surface area contributed by atoms with Gasteiger partial charge in [0, 0.05) is 12.6 Å². The van der Waals surface area contributed by atoms with Crippen molar-refractivity contribution in [2.45, 2.75) is 13.5 Å². The van der Waals surface area contributed by atoms with Gasteiger partial charge in [-0.2, -0.15) is 5.10 Å². The van der Waals surface area contributed by atoms with Gasteiger partial charge in [-0.1, -0.05) is 48.0 Å². The van der Waals surface area contributed by atoms with E-state index in [0.29, 0.717) is 47.1 Å². The summed E-state index contributed by atoms with van der Waals surface area (Å²) in [5.74, 6) is 2.39. The number of benzene rings is 3. The van der Waals surface area contributed by atoms with Crippen LogP contribution < -0.4 is 29.7 Å². The Morgan fingerprint density at radius 3 is 2.51 bits per heavy atom. The lowest BCUT2D eigenvalue weighted by atomic mass is 10.2. The van der Waals surface area contributed by atoms with Gasteiger partial charge in [-0.05, 0) is 54.5 Å². The number of methoxy groups -OCH3 is 1. The van der Waals surface area contributed by atoms with E-state index < -0.39 is 0 Å². The van der Waals surface area contributed by atoms with Crippen LogP contribution in [0.25, 0.3) is 0 Å². The fourth-order valence-corrected chi connectivity index (χ4v) is 3.44. The molecule has 0 saturated carbocycles. The summed E-state index contributed by atoms with van der Waals surface area (Å²) in [4.78, 5) is 0. The molecule has 0 fully saturated rings. The number of rotatable bonds is 12. The number of hydrazone groups is 1. The van der Waals surface area contributed by atoms with Crippen molar-refractivity contribution < 1.29 is 18.9 Å². The molecule has 2 N–H and O–H groups in total. The van der Waals surface area contributed by atoms with E-state index >= 15 is 0 Å². The number of nitrogens with one attached hydrogen (secondary N) is 2. The Balaban J connectivity index is 1.53. The predicted molar refractivity (Wildman–Crippen MR) is 143 cm³/mol. The topological polar surface area (TPSA) is 73.3 Å². The zero-order valence-corrected chi connectivity index (χ0v) is 21.2. The van der Waals surface area contributed by atoms with Crippen LogP contribution in [0.1, 0.15) is 18.1 Å². The van der Waals surface area contributed by atoms with Crippen molar-refractivity contribution in [1.29, 1.82) is 0 Å². The first-order chi connectivity index (χ1) is 17.1. The quantitative estimate of drug-likeness (QED) is 0.149. The summed E-state index contributed by atoms with van der Waals surface area (Å²) in [5.41, 5.74) is 4.66. The van der Waals surface area contributed by atoms with E-state index in [0.717, 1.165) is 16.9 Å². The first kappa shape index (κ1) is 26.1. The van der Waals surface area contributed by atoms with Gasteiger partial charge < -0.3 is 24.3 Å². The minimum Gasteiger partial charge on any atom is -0.497 e. The minimum absolute atomic E-state index is 0.285. The van der Waals surface area contributed by atoms with Crippen LogP contribution in [-0.4, -0.2) is 38.3 Å². The normalized spacial score (nSPS) is 10.6. The fraction of sp³-hybridized carbons (Fsp3) is 0.231. The molecular formula is C26H28ClN3O4S. The fourth-order valence-electron chi connectivity index (χ4n) is 3.04. The monoisotopic (exact) mass is 513 g/mol. The largest absolute Gasteiger partial charge is 0.497 e. The summed E-state index contributed by atoms with van der Waals surface area (Å²) < 4.78 is 22.5. The van der Waals surface area contributed by atoms with E-state index in [1.165, 1.54) is 0 Å². The maximum absolute atomic E-state index is 6.48. The second kappa shape index (κ2) is 14.0. The Bertz CT molecular complexity index is 1130. The van der Waals surface area contributed by atoms with Crippen LogP contribution in [0.2, 0.25) is 5.02 Å². The third-order valence-electron chi connectivity index (χ3n) is 4.65. The molecule has 0 heterocycles. The van der Waals surface area contributed by atoms with Crippen LogP contribution in [0, 0.1) is 0 Å². The molecule has 0 aliphatic carbocycles. The third-order valence-corrected chi connectivity index (χ3v) is 5.16. The van der Waals surface area contributed by atoms with Crippen LogP contribution in [0.5, 0.6) is 23.0 Å². The van der Waals surface area contributed by atoms with Crippen molar-refractivity contribution in [1.82, 2.24) is 10.7 Å². The Morgan fingerprint density at radius 1 is 0.971 bits per heavy atom. The van der Waals surface area contributed by atoms with E-state index in [4.69, 9.17) is 42.8 Å². The summed E-state index contributed by atoms with van der Waals surface area (Å²) in [6.45, 7) is 3.57. The molecule has 7 nitrogen and oxygen atoms in total. The molecule has 0 aromatic heterocycles. The zero-order valence-electron chi connectivity index (χ0n) is 19.6. The number of ether oxygens (including phenoxy) is 4. The molecule has 0 spiro atoms. The molecular weight excluding hydrogens is 486 g/mol. The summed E-state index contributed by atoms with van der Waals surface area (Å²) in [5, 5.41) is 8.11. The molecule has 0 aliphatic rings. The van der Waals surface area contributed by atoms with Gasteiger partial charge in [-0.3, -0.25) is 5.43 Å². The predicted octanol–water partition coefficient (Wildman–Crippen LogP) is 5.20. The lowest BCUT2D eigenvalue weighted by Crippen LogP contribution is -2.31. The van der Waals surface area contributed by atoms with Crippen molar-refractivity contribution in [3.8, 4) is 23.0 Å². The van der Waals surface area contributed by atoms with Crippen molar-refractivity contribution in [2.24, 2.45) is 5.10 Å². The van der Waals surface area contributed by atoms with E-state index in [9.17, 15) is 0 Å². The number of nitrogens with zero attached hydrogens (tertiary/aromatic N) is 1. The van der Waals surface area contributed by atoms with E-state index in [2.05, 4.69) is 15.8 Å². The highest BCUT2D eigenvalue weighted by atomic mass is 35.5. The average molecular weight is 514 g/mol. The van der Waals surface area contributed by atoms with Crippen molar-refractivity contribution in [3.63, 3.8) is 0 Å². The maximum atomic E-state index is 6.48. The highest BCUT2D eigenvalue weighted by Gasteiger charge is 2.12. The van der Waals surface area contributed by atoms with Crippen LogP contribution in [0.3, 0.4) is 0 Å². The zero-order chi connectivity index (χ0) is 24.9. The first-order valence-corrected chi connectivity index (χ1v) is 11.8. The van der Waals surface area contributed by atoms with E-state index in [-0.39, 0.29) is 6.61 Å². The standard InChI is InChI=1S/C26H28ClN3O4S/c1-3-32-24-15-20(18-29-30-26(35)28-17-19-8-5-4-6-9-19)14-23(27)25(24)34-13-12-33-22-11-7-10-21(16-22)31-2/h4-11,14-16,18H,3,12-13,17H2,1-2H3,(H2,28,30,35)/b29-18+. The highest BCUT2D eigenvalue weighted by Crippen LogP contribution is 2.36. The van der Waals surface area contributed by atoms with Crippen molar-refractivity contribution in [3.05, 3.63) is 82.9 Å². The molecule has 0 unspecified atom stereocenters. The maximum Gasteiger partial charge on any atom is 0.187 e. The highest BCUT2D eigenvalue weighted by molar-refractivity contribution is 7.80. The number of hydrogen-bond donors (Lipinski definition) is 2. The van der Waals surface area contributed by atoms with Crippen LogP contribution in [0.15, 0.2) is 71.8 Å². The average Bonchev–Trinajstić information content (AvgIpc) is 2.87. The van der Waals surface area contributed by atoms with Gasteiger partial charge in [0.05, 0.1) is 25.0 Å². The summed E-state index contributed by atoms with van der Waals surface area (Å²) in [6.07, 6.45) is 1.61. The Hall–Kier alpha value is -3.49. The molecule has 0 saturated heterocycles. The third kappa shape index (κ3) is 8.66. The van der Waals surface area contributed by atoms with Gasteiger partial charge in [0.25, 0.3) is 0 Å². The molecule has 3 aromatic carbocycles. The first-order valence-electron chi connectivity index (χ1n) is 11.1. The smallest absolute Gasteiger partial charge is 0.187 e. The molecule has 184 valence electrons. The summed E-state index contributed by atoms with van der Waals surface area (Å²) in [6, 6.07) is 20.9. The van der Waals surface area contributed by atoms with E-state index in [1.54, 1.807) is 25.5 Å². The SMILES string of the molecule is CCOc1cc(/C=N/NC(=S)NCc2ccccc2)cc(Cl)c1OCCOc1cccc(OC)c1. The Labute approximate surface area is 216 Å². The molecule has 35 heavy (non-hydrogen) atoms. The summed E-state index contributed by atoms with van der Waals surface area (Å²) >= 11 is 11.7. The lowest BCUT2D eigenvalue weighted by Gasteiger charge is -2.15. The molecule has 9 heteroatoms. The Morgan fingerprint density at radius 2 is 1.74 bits per heavy atom. The van der Waals surface area contributed by atoms with Crippen LogP contribution in [-0.2, 0) is 6.54 Å². The van der Waals surface area contributed by atoms with Gasteiger partial charge in [-0.15, -0.1) is 0 Å². The molecule has 0 amide bonds. The second-order valence-electron chi connectivity index (χ2n) is 7.18. The summed E-state index contributed by atoms with van der Waals surface area (Å²) in [7, 11) is 1.61. The van der Waals surface area contributed by atoms with Crippen molar-refractivity contribution >= 4 is 35.1 Å². The lowest BCUT2D eigenvalue weighted by molar-refractivity contribution is 0.208. The molecule has 0 radical (unpaired) electrons.